The molecule has 1 heterocycles. The molecule has 0 aromatic heterocycles. The topological polar surface area (TPSA) is 133 Å². The van der Waals surface area contributed by atoms with Crippen LogP contribution in [-0.2, 0) is 40.2 Å². The van der Waals surface area contributed by atoms with Crippen molar-refractivity contribution in [1.29, 1.82) is 0 Å². The highest BCUT2D eigenvalue weighted by atomic mass is 32.2. The Kier molecular flexibility index (Phi) is 6.74. The van der Waals surface area contributed by atoms with Gasteiger partial charge >= 0.3 is 24.1 Å². The van der Waals surface area contributed by atoms with Crippen molar-refractivity contribution in [2.24, 2.45) is 23.7 Å². The summed E-state index contributed by atoms with van der Waals surface area (Å²) in [5.74, 6) is -8.79. The molecule has 7 unspecified atom stereocenters. The van der Waals surface area contributed by atoms with Crippen molar-refractivity contribution in [2.45, 2.75) is 37.2 Å². The zero-order valence-electron chi connectivity index (χ0n) is 19.6. The molecule has 2 saturated carbocycles. The third-order valence-electron chi connectivity index (χ3n) is 7.24. The largest absolute Gasteiger partial charge is 0.458 e. The number of esters is 3. The summed E-state index contributed by atoms with van der Waals surface area (Å²) in [6.45, 7) is 0. The van der Waals surface area contributed by atoms with E-state index in [1.165, 1.54) is 0 Å². The zero-order valence-corrected chi connectivity index (χ0v) is 20.4. The predicted octanol–water partition coefficient (Wildman–Crippen LogP) is -2.97. The highest BCUT2D eigenvalue weighted by Crippen LogP contribution is 2.59. The highest BCUT2D eigenvalue weighted by molar-refractivity contribution is 7.85. The van der Waals surface area contributed by atoms with Crippen LogP contribution in [0.1, 0.15) is 22.3 Å². The Morgan fingerprint density at radius 2 is 1.89 bits per heavy atom. The number of ether oxygens (including phenoxy) is 3. The van der Waals surface area contributed by atoms with Gasteiger partial charge in [0.2, 0.25) is 6.10 Å². The Morgan fingerprint density at radius 1 is 1.22 bits per heavy atom. The van der Waals surface area contributed by atoms with E-state index >= 15 is 0 Å². The van der Waals surface area contributed by atoms with Crippen LogP contribution in [0.2, 0.25) is 0 Å². The van der Waals surface area contributed by atoms with Crippen LogP contribution in [-0.4, -0.2) is 84.7 Å². The Hall–Kier alpha value is -2.48. The van der Waals surface area contributed by atoms with E-state index in [1.54, 1.807) is 13.9 Å². The molecule has 2 aliphatic carbocycles. The van der Waals surface area contributed by atoms with E-state index in [2.05, 4.69) is 4.74 Å². The van der Waals surface area contributed by atoms with Crippen LogP contribution in [0.4, 0.5) is 13.2 Å². The van der Waals surface area contributed by atoms with Crippen molar-refractivity contribution in [3.8, 4) is 0 Å². The molecule has 3 aliphatic rings. The minimum atomic E-state index is -5.28. The van der Waals surface area contributed by atoms with Gasteiger partial charge in [0, 0.05) is 11.8 Å². The second kappa shape index (κ2) is 9.12. The summed E-state index contributed by atoms with van der Waals surface area (Å²) in [6, 6.07) is 3.56. The molecule has 36 heavy (non-hydrogen) atoms. The molecular formula is C20H22B3F3O9S. The van der Waals surface area contributed by atoms with Gasteiger partial charge in [0.15, 0.2) is 0 Å². The van der Waals surface area contributed by atoms with Crippen LogP contribution < -0.4 is 10.9 Å². The van der Waals surface area contributed by atoms with Gasteiger partial charge < -0.3 is 14.2 Å². The lowest BCUT2D eigenvalue weighted by Crippen LogP contribution is -2.47. The molecule has 4 rings (SSSR count). The normalized spacial score (nSPS) is 29.6. The number of rotatable bonds is 7. The SMILES string of the molecule is BCc1c(B)cc(B)cc1C(=O)OC1C2CC3C1OC(=O)C3C2C(=O)OC(CS(=O)(=O)O)C(F)(F)F. The van der Waals surface area contributed by atoms with Crippen molar-refractivity contribution in [3.05, 3.63) is 23.3 Å². The zero-order chi connectivity index (χ0) is 26.7. The number of alkyl halides is 3. The average molecular weight is 528 g/mol. The lowest BCUT2D eigenvalue weighted by Gasteiger charge is -2.31. The molecule has 3 fully saturated rings. The van der Waals surface area contributed by atoms with Gasteiger partial charge in [-0.3, -0.25) is 14.1 Å². The Labute approximate surface area is 207 Å². The molecule has 0 amide bonds. The molecule has 0 spiro atoms. The van der Waals surface area contributed by atoms with Crippen LogP contribution in [0.3, 0.4) is 0 Å². The molecule has 1 aromatic rings. The quantitative estimate of drug-likeness (QED) is 0.171. The second-order valence-electron chi connectivity index (χ2n) is 9.56. The number of fused-ring (bicyclic) bond motifs is 1. The van der Waals surface area contributed by atoms with Crippen LogP contribution in [0, 0.1) is 23.7 Å². The number of halogens is 3. The fraction of sp³-hybridized carbons (Fsp3) is 0.550. The lowest BCUT2D eigenvalue weighted by molar-refractivity contribution is -0.219. The van der Waals surface area contributed by atoms with E-state index in [-0.39, 0.29) is 6.42 Å². The molecule has 1 aromatic carbocycles. The molecule has 7 atom stereocenters. The van der Waals surface area contributed by atoms with E-state index in [9.17, 15) is 36.0 Å². The van der Waals surface area contributed by atoms with Crippen molar-refractivity contribution < 1.29 is 54.7 Å². The van der Waals surface area contributed by atoms with Crippen LogP contribution >= 0.6 is 0 Å². The molecule has 0 radical (unpaired) electrons. The first kappa shape index (κ1) is 26.6. The van der Waals surface area contributed by atoms with Crippen molar-refractivity contribution in [2.75, 3.05) is 5.75 Å². The van der Waals surface area contributed by atoms with Gasteiger partial charge in [-0.25, -0.2) is 4.79 Å². The standard InChI is InChI=1S/C20H22B3F3O9S/c21-4-10-7(1-6(22)2-11(10)23)17(27)34-15-8-3-9-14(19(29)35-16(9)15)13(8)18(28)33-12(20(24,25)26)5-36(30,31)32/h1-2,8-9,12-16H,3-5,21-23H2,(H,30,31,32). The summed E-state index contributed by atoms with van der Waals surface area (Å²) in [6.07, 6.45) is -9.62. The predicted molar refractivity (Wildman–Crippen MR) is 125 cm³/mol. The fourth-order valence-electron chi connectivity index (χ4n) is 5.91. The number of hydrogen-bond donors (Lipinski definition) is 1. The number of carbonyl (C=O) groups excluding carboxylic acids is 3. The maximum absolute atomic E-state index is 13.3. The summed E-state index contributed by atoms with van der Waals surface area (Å²) >= 11 is 0. The van der Waals surface area contributed by atoms with Gasteiger partial charge in [0.05, 0.1) is 17.4 Å². The minimum absolute atomic E-state index is 0.182. The van der Waals surface area contributed by atoms with E-state index in [0.29, 0.717) is 11.9 Å². The number of hydrogen-bond acceptors (Lipinski definition) is 8. The third kappa shape index (κ3) is 4.76. The molecular weight excluding hydrogens is 506 g/mol. The minimum Gasteiger partial charge on any atom is -0.458 e. The first-order chi connectivity index (χ1) is 16.6. The Bertz CT molecular complexity index is 1220. The number of carbonyl (C=O) groups is 3. The van der Waals surface area contributed by atoms with Crippen molar-refractivity contribution in [1.82, 2.24) is 0 Å². The summed E-state index contributed by atoms with van der Waals surface area (Å²) < 4.78 is 86.4. The molecule has 1 aliphatic heterocycles. The van der Waals surface area contributed by atoms with Crippen LogP contribution in [0.5, 0.6) is 0 Å². The first-order valence-corrected chi connectivity index (χ1v) is 13.0. The van der Waals surface area contributed by atoms with Crippen LogP contribution in [0.25, 0.3) is 0 Å². The molecule has 9 nitrogen and oxygen atoms in total. The fourth-order valence-corrected chi connectivity index (χ4v) is 6.55. The van der Waals surface area contributed by atoms with E-state index in [4.69, 9.17) is 14.0 Å². The van der Waals surface area contributed by atoms with Crippen molar-refractivity contribution in [3.63, 3.8) is 0 Å². The second-order valence-corrected chi connectivity index (χ2v) is 11.1. The maximum Gasteiger partial charge on any atom is 0.426 e. The van der Waals surface area contributed by atoms with Gasteiger partial charge in [0.25, 0.3) is 10.1 Å². The number of benzene rings is 1. The van der Waals surface area contributed by atoms with E-state index in [0.717, 1.165) is 16.5 Å². The molecule has 1 saturated heterocycles. The van der Waals surface area contributed by atoms with E-state index < -0.39 is 81.9 Å². The summed E-state index contributed by atoms with van der Waals surface area (Å²) in [5, 5.41) is 0. The molecule has 16 heteroatoms. The maximum atomic E-state index is 13.3. The summed E-state index contributed by atoms with van der Waals surface area (Å²) in [7, 11) is 0.381. The van der Waals surface area contributed by atoms with Gasteiger partial charge in [-0.1, -0.05) is 29.4 Å². The van der Waals surface area contributed by atoms with Crippen molar-refractivity contribution >= 4 is 62.5 Å². The summed E-state index contributed by atoms with van der Waals surface area (Å²) in [4.78, 5) is 38.5. The Balaban J connectivity index is 1.59. The average Bonchev–Trinajstić information content (AvgIpc) is 3.34. The van der Waals surface area contributed by atoms with Gasteiger partial charge in [-0.15, -0.1) is 0 Å². The van der Waals surface area contributed by atoms with Crippen LogP contribution in [0.15, 0.2) is 12.1 Å². The smallest absolute Gasteiger partial charge is 0.426 e. The molecule has 2 bridgehead atoms. The van der Waals surface area contributed by atoms with Gasteiger partial charge in [-0.05, 0) is 12.0 Å². The highest BCUT2D eigenvalue weighted by Gasteiger charge is 2.70. The van der Waals surface area contributed by atoms with E-state index in [1.807, 2.05) is 21.8 Å². The van der Waals surface area contributed by atoms with Gasteiger partial charge in [-0.2, -0.15) is 21.6 Å². The monoisotopic (exact) mass is 528 g/mol. The third-order valence-corrected chi connectivity index (χ3v) is 7.96. The lowest BCUT2D eigenvalue weighted by atomic mass is 9.77. The summed E-state index contributed by atoms with van der Waals surface area (Å²) in [5.41, 5.74) is 2.76. The first-order valence-electron chi connectivity index (χ1n) is 11.4. The molecule has 1 N–H and O–H groups in total. The Morgan fingerprint density at radius 3 is 2.47 bits per heavy atom. The molecule has 192 valence electrons. The van der Waals surface area contributed by atoms with Gasteiger partial charge in [0.1, 0.15) is 41.5 Å².